The number of hydrogen-bond acceptors (Lipinski definition) is 5. The van der Waals surface area contributed by atoms with Crippen LogP contribution in [-0.2, 0) is 6.54 Å². The normalized spacial score (nSPS) is 13.0. The molecule has 1 aromatic rings. The van der Waals surface area contributed by atoms with E-state index in [2.05, 4.69) is 36.3 Å². The molecule has 4 nitrogen and oxygen atoms in total. The first-order chi connectivity index (χ1) is 10.9. The third kappa shape index (κ3) is 6.33. The predicted molar refractivity (Wildman–Crippen MR) is 103 cm³/mol. The lowest BCUT2D eigenvalue weighted by Gasteiger charge is -2.29. The summed E-state index contributed by atoms with van der Waals surface area (Å²) in [5.41, 5.74) is 6.60. The van der Waals surface area contributed by atoms with E-state index in [1.807, 2.05) is 6.07 Å². The first-order valence-corrected chi connectivity index (χ1v) is 9.22. The van der Waals surface area contributed by atoms with Crippen molar-refractivity contribution < 1.29 is 5.11 Å². The minimum atomic E-state index is 0.00594. The van der Waals surface area contributed by atoms with Gasteiger partial charge in [0.25, 0.3) is 0 Å². The van der Waals surface area contributed by atoms with E-state index < -0.39 is 0 Å². The molecule has 1 atom stereocenters. The van der Waals surface area contributed by atoms with Crippen molar-refractivity contribution in [2.24, 2.45) is 5.73 Å². The third-order valence-corrected chi connectivity index (χ3v) is 5.53. The predicted octanol–water partition coefficient (Wildman–Crippen LogP) is 3.80. The molecule has 0 spiro atoms. The number of phenolic OH excluding ortho intramolecular Hbond substituents is 1. The number of hydrogen-bond donors (Lipinski definition) is 3. The van der Waals surface area contributed by atoms with Crippen molar-refractivity contribution >= 4 is 35.8 Å². The first-order valence-electron chi connectivity index (χ1n) is 7.94. The molecule has 0 bridgehead atoms. The number of phenols is 1. The molecule has 1 rings (SSSR count). The van der Waals surface area contributed by atoms with E-state index in [4.69, 9.17) is 28.9 Å². The highest BCUT2D eigenvalue weighted by molar-refractivity contribution is 7.80. The molecule has 3 N–H and O–H groups in total. The number of thiol groups is 1. The number of benzene rings is 1. The summed E-state index contributed by atoms with van der Waals surface area (Å²) in [5.74, 6) is 0.00594. The molecule has 0 heterocycles. The van der Waals surface area contributed by atoms with Gasteiger partial charge in [-0.2, -0.15) is 12.6 Å². The minimum Gasteiger partial charge on any atom is -0.506 e. The van der Waals surface area contributed by atoms with Gasteiger partial charge in [-0.1, -0.05) is 43.1 Å². The van der Waals surface area contributed by atoms with Crippen molar-refractivity contribution in [3.8, 4) is 5.75 Å². The summed E-state index contributed by atoms with van der Waals surface area (Å²) < 4.78 is 0. The van der Waals surface area contributed by atoms with Gasteiger partial charge < -0.3 is 10.8 Å². The molecule has 0 radical (unpaired) electrons. The van der Waals surface area contributed by atoms with Crippen molar-refractivity contribution in [2.45, 2.75) is 38.6 Å². The molecular formula is C16H27Cl2N3OS. The van der Waals surface area contributed by atoms with Crippen LogP contribution in [0.25, 0.3) is 0 Å². The fourth-order valence-electron chi connectivity index (χ4n) is 2.39. The summed E-state index contributed by atoms with van der Waals surface area (Å²) in [6.45, 7) is 8.24. The van der Waals surface area contributed by atoms with Crippen LogP contribution in [0.2, 0.25) is 10.0 Å². The van der Waals surface area contributed by atoms with Crippen LogP contribution in [0.4, 0.5) is 0 Å². The molecule has 7 heteroatoms. The van der Waals surface area contributed by atoms with Crippen molar-refractivity contribution in [3.63, 3.8) is 0 Å². The number of halogens is 2. The van der Waals surface area contributed by atoms with E-state index in [0.29, 0.717) is 18.2 Å². The van der Waals surface area contributed by atoms with Gasteiger partial charge in [0.15, 0.2) is 0 Å². The molecular weight excluding hydrogens is 353 g/mol. The molecule has 0 aromatic heterocycles. The zero-order chi connectivity index (χ0) is 17.4. The second-order valence-corrected chi connectivity index (χ2v) is 6.83. The maximum absolute atomic E-state index is 9.61. The molecule has 0 saturated heterocycles. The summed E-state index contributed by atoms with van der Waals surface area (Å²) in [5, 5.41) is 10.4. The van der Waals surface area contributed by atoms with E-state index in [9.17, 15) is 5.11 Å². The van der Waals surface area contributed by atoms with Crippen LogP contribution in [0.15, 0.2) is 12.1 Å². The molecule has 1 aromatic carbocycles. The lowest BCUT2D eigenvalue weighted by atomic mass is 10.2. The Balaban J connectivity index is 2.74. The summed E-state index contributed by atoms with van der Waals surface area (Å²) in [6.07, 6.45) is 1.94. The van der Waals surface area contributed by atoms with Crippen LogP contribution in [0.1, 0.15) is 32.3 Å². The van der Waals surface area contributed by atoms with Crippen LogP contribution in [0.3, 0.4) is 0 Å². The number of aromatic hydroxyl groups is 1. The Hall–Kier alpha value is -0.170. The van der Waals surface area contributed by atoms with Crippen molar-refractivity contribution in [2.75, 3.05) is 26.3 Å². The average Bonchev–Trinajstić information content (AvgIpc) is 2.57. The third-order valence-electron chi connectivity index (χ3n) is 3.93. The molecule has 23 heavy (non-hydrogen) atoms. The number of rotatable bonds is 10. The van der Waals surface area contributed by atoms with Crippen LogP contribution in [0.5, 0.6) is 5.75 Å². The van der Waals surface area contributed by atoms with E-state index in [1.54, 1.807) is 6.07 Å². The lowest BCUT2D eigenvalue weighted by Crippen LogP contribution is -2.36. The molecule has 0 aliphatic rings. The topological polar surface area (TPSA) is 52.7 Å². The molecule has 0 saturated carbocycles. The summed E-state index contributed by atoms with van der Waals surface area (Å²) in [4.78, 5) is 4.46. The van der Waals surface area contributed by atoms with E-state index in [1.165, 1.54) is 0 Å². The fourth-order valence-corrected chi connectivity index (χ4v) is 2.99. The highest BCUT2D eigenvalue weighted by Crippen LogP contribution is 2.34. The molecule has 0 fully saturated rings. The SMILES string of the molecule is CCC(S)N(CCCN(CC)CN)Cc1ccc(O)c(Cl)c1Cl. The zero-order valence-corrected chi connectivity index (χ0v) is 16.2. The summed E-state index contributed by atoms with van der Waals surface area (Å²) >= 11 is 16.9. The Morgan fingerprint density at radius 2 is 1.91 bits per heavy atom. The standard InChI is InChI=1S/C16H27Cl2N3OS/c1-3-14(23)21(9-5-8-20(4-2)11-19)10-12-6-7-13(22)16(18)15(12)17/h6-7,14,22-23H,3-5,8-11,19H2,1-2H3. The molecule has 1 unspecified atom stereocenters. The second kappa shape index (κ2) is 10.6. The van der Waals surface area contributed by atoms with Gasteiger partial charge >= 0.3 is 0 Å². The zero-order valence-electron chi connectivity index (χ0n) is 13.8. The van der Waals surface area contributed by atoms with Gasteiger partial charge in [0.1, 0.15) is 10.8 Å². The average molecular weight is 380 g/mol. The summed E-state index contributed by atoms with van der Waals surface area (Å²) in [7, 11) is 0. The molecule has 132 valence electrons. The Labute approximate surface area is 154 Å². The Morgan fingerprint density at radius 1 is 1.22 bits per heavy atom. The van der Waals surface area contributed by atoms with E-state index in [0.717, 1.165) is 38.0 Å². The fraction of sp³-hybridized carbons (Fsp3) is 0.625. The quantitative estimate of drug-likeness (QED) is 0.427. The van der Waals surface area contributed by atoms with Crippen molar-refractivity contribution in [1.29, 1.82) is 0 Å². The van der Waals surface area contributed by atoms with E-state index in [-0.39, 0.29) is 16.1 Å². The first kappa shape index (κ1) is 20.9. The van der Waals surface area contributed by atoms with Gasteiger partial charge in [0.05, 0.1) is 10.4 Å². The molecule has 0 amide bonds. The number of nitrogens with zero attached hydrogens (tertiary/aromatic N) is 2. The van der Waals surface area contributed by atoms with Gasteiger partial charge in [0.2, 0.25) is 0 Å². The summed E-state index contributed by atoms with van der Waals surface area (Å²) in [6, 6.07) is 3.39. The Bertz CT molecular complexity index is 487. The van der Waals surface area contributed by atoms with Crippen molar-refractivity contribution in [3.05, 3.63) is 27.7 Å². The number of nitrogens with two attached hydrogens (primary N) is 1. The smallest absolute Gasteiger partial charge is 0.135 e. The van der Waals surface area contributed by atoms with Gasteiger partial charge in [-0.15, -0.1) is 0 Å². The minimum absolute atomic E-state index is 0.00594. The molecule has 0 aliphatic carbocycles. The van der Waals surface area contributed by atoms with Gasteiger partial charge in [-0.05, 0) is 31.0 Å². The Morgan fingerprint density at radius 3 is 2.48 bits per heavy atom. The second-order valence-electron chi connectivity index (χ2n) is 5.48. The van der Waals surface area contributed by atoms with Crippen LogP contribution >= 0.6 is 35.8 Å². The van der Waals surface area contributed by atoms with Gasteiger partial charge in [-0.25, -0.2) is 0 Å². The van der Waals surface area contributed by atoms with E-state index >= 15 is 0 Å². The highest BCUT2D eigenvalue weighted by Gasteiger charge is 2.17. The highest BCUT2D eigenvalue weighted by atomic mass is 35.5. The Kier molecular flexibility index (Phi) is 9.66. The van der Waals surface area contributed by atoms with Crippen LogP contribution in [-0.4, -0.2) is 46.6 Å². The maximum atomic E-state index is 9.61. The monoisotopic (exact) mass is 379 g/mol. The molecule has 0 aliphatic heterocycles. The van der Waals surface area contributed by atoms with Crippen LogP contribution < -0.4 is 5.73 Å². The van der Waals surface area contributed by atoms with Crippen LogP contribution in [0, 0.1) is 0 Å². The lowest BCUT2D eigenvalue weighted by molar-refractivity contribution is 0.215. The maximum Gasteiger partial charge on any atom is 0.135 e. The van der Waals surface area contributed by atoms with Gasteiger partial charge in [0, 0.05) is 26.3 Å². The largest absolute Gasteiger partial charge is 0.506 e. The van der Waals surface area contributed by atoms with Gasteiger partial charge in [-0.3, -0.25) is 9.80 Å². The van der Waals surface area contributed by atoms with Crippen molar-refractivity contribution in [1.82, 2.24) is 9.80 Å².